The minimum atomic E-state index is 0.213. The molecule has 52 heavy (non-hydrogen) atoms. The minimum absolute atomic E-state index is 0.213. The quantitative estimate of drug-likeness (QED) is 0.169. The van der Waals surface area contributed by atoms with Gasteiger partial charge in [0.05, 0.1) is 27.5 Å². The second-order valence-corrected chi connectivity index (χ2v) is 14.8. The molecule has 0 spiro atoms. The largest absolute Gasteiger partial charge is 0.334 e. The maximum Gasteiger partial charge on any atom is 0.0640 e. The van der Waals surface area contributed by atoms with Crippen LogP contribution in [-0.4, -0.2) is 10.6 Å². The average molecular weight is 685 g/mol. The SMILES string of the molecule is CC1C=C(c2ccc(-c3ccc4c5ccccc5n(-c5cccc6c5sc5ccccc56)c4c3)cc2)C=CC1N(c1ccccc1)c1ccccc1. The number of nitrogens with zero attached hydrogens (tertiary/aromatic N) is 2. The van der Waals surface area contributed by atoms with Crippen molar-refractivity contribution in [3.05, 3.63) is 194 Å². The summed E-state index contributed by atoms with van der Waals surface area (Å²) < 4.78 is 5.12. The smallest absolute Gasteiger partial charge is 0.0640 e. The van der Waals surface area contributed by atoms with E-state index in [2.05, 4.69) is 204 Å². The first-order chi connectivity index (χ1) is 25.7. The van der Waals surface area contributed by atoms with Gasteiger partial charge in [0, 0.05) is 37.6 Å². The molecule has 0 N–H and O–H groups in total. The van der Waals surface area contributed by atoms with Gasteiger partial charge in [-0.25, -0.2) is 0 Å². The van der Waals surface area contributed by atoms with Gasteiger partial charge in [-0.2, -0.15) is 0 Å². The molecule has 0 radical (unpaired) electrons. The summed E-state index contributed by atoms with van der Waals surface area (Å²) in [6.07, 6.45) is 7.10. The third-order valence-electron chi connectivity index (χ3n) is 10.7. The Morgan fingerprint density at radius 1 is 0.519 bits per heavy atom. The van der Waals surface area contributed by atoms with Gasteiger partial charge in [0.1, 0.15) is 0 Å². The van der Waals surface area contributed by atoms with Crippen molar-refractivity contribution in [2.45, 2.75) is 13.0 Å². The van der Waals surface area contributed by atoms with Crippen molar-refractivity contribution in [2.24, 2.45) is 5.92 Å². The third kappa shape index (κ3) is 5.08. The summed E-state index contributed by atoms with van der Waals surface area (Å²) >= 11 is 1.88. The number of para-hydroxylation sites is 3. The Balaban J connectivity index is 1.01. The molecule has 0 saturated carbocycles. The molecule has 10 rings (SSSR count). The van der Waals surface area contributed by atoms with E-state index in [1.807, 2.05) is 11.3 Å². The molecule has 9 aromatic rings. The molecule has 2 unspecified atom stereocenters. The number of benzene rings is 7. The van der Waals surface area contributed by atoms with Crippen LogP contribution in [0.1, 0.15) is 12.5 Å². The van der Waals surface area contributed by atoms with E-state index in [1.54, 1.807) is 0 Å². The van der Waals surface area contributed by atoms with Gasteiger partial charge in [0.15, 0.2) is 0 Å². The number of hydrogen-bond acceptors (Lipinski definition) is 2. The highest BCUT2D eigenvalue weighted by Crippen LogP contribution is 2.42. The first-order valence-electron chi connectivity index (χ1n) is 18.1. The second kappa shape index (κ2) is 12.6. The van der Waals surface area contributed by atoms with E-state index in [9.17, 15) is 0 Å². The lowest BCUT2D eigenvalue weighted by atomic mass is 9.88. The summed E-state index contributed by atoms with van der Waals surface area (Å²) in [6.45, 7) is 2.33. The van der Waals surface area contributed by atoms with Gasteiger partial charge in [-0.15, -0.1) is 11.3 Å². The molecule has 248 valence electrons. The first-order valence-corrected chi connectivity index (χ1v) is 18.9. The molecule has 0 amide bonds. The molecular formula is C49H36N2S. The fourth-order valence-electron chi connectivity index (χ4n) is 8.17. The Labute approximate surface area is 307 Å². The van der Waals surface area contributed by atoms with Crippen LogP contribution in [0.25, 0.3) is 64.4 Å². The molecule has 2 atom stereocenters. The molecule has 0 bridgehead atoms. The number of fused-ring (bicyclic) bond motifs is 6. The van der Waals surface area contributed by atoms with E-state index in [1.165, 1.54) is 81.3 Å². The van der Waals surface area contributed by atoms with Crippen molar-refractivity contribution in [3.8, 4) is 16.8 Å². The van der Waals surface area contributed by atoms with Gasteiger partial charge < -0.3 is 9.47 Å². The lowest BCUT2D eigenvalue weighted by Gasteiger charge is -2.36. The Morgan fingerprint density at radius 2 is 1.13 bits per heavy atom. The van der Waals surface area contributed by atoms with Gasteiger partial charge in [0.25, 0.3) is 0 Å². The number of hydrogen-bond donors (Lipinski definition) is 0. The van der Waals surface area contributed by atoms with Crippen molar-refractivity contribution < 1.29 is 0 Å². The van der Waals surface area contributed by atoms with Crippen LogP contribution in [0.2, 0.25) is 0 Å². The number of aromatic nitrogens is 1. The fraction of sp³-hybridized carbons (Fsp3) is 0.0612. The Kier molecular flexibility index (Phi) is 7.40. The first kappa shape index (κ1) is 30.6. The van der Waals surface area contributed by atoms with Crippen LogP contribution in [-0.2, 0) is 0 Å². The number of thiophene rings is 1. The van der Waals surface area contributed by atoms with E-state index in [-0.39, 0.29) is 6.04 Å². The predicted octanol–water partition coefficient (Wildman–Crippen LogP) is 13.6. The Hall–Kier alpha value is -6.16. The van der Waals surface area contributed by atoms with E-state index < -0.39 is 0 Å². The Bertz CT molecular complexity index is 2760. The lowest BCUT2D eigenvalue weighted by molar-refractivity contribution is 0.611. The van der Waals surface area contributed by atoms with E-state index in [0.717, 1.165) is 0 Å². The Morgan fingerprint density at radius 3 is 1.88 bits per heavy atom. The van der Waals surface area contributed by atoms with Gasteiger partial charge in [-0.1, -0.05) is 146 Å². The summed E-state index contributed by atoms with van der Waals surface area (Å²) in [4.78, 5) is 2.45. The molecule has 0 fully saturated rings. The second-order valence-electron chi connectivity index (χ2n) is 13.8. The number of rotatable bonds is 6. The van der Waals surface area contributed by atoms with Crippen LogP contribution in [0.4, 0.5) is 11.4 Å². The van der Waals surface area contributed by atoms with Crippen molar-refractivity contribution >= 4 is 70.3 Å². The zero-order valence-corrected chi connectivity index (χ0v) is 29.7. The summed E-state index contributed by atoms with van der Waals surface area (Å²) in [7, 11) is 0. The van der Waals surface area contributed by atoms with Crippen molar-refractivity contribution in [1.29, 1.82) is 0 Å². The zero-order valence-electron chi connectivity index (χ0n) is 28.9. The topological polar surface area (TPSA) is 8.17 Å². The molecule has 1 aliphatic carbocycles. The van der Waals surface area contributed by atoms with Crippen LogP contribution < -0.4 is 4.90 Å². The van der Waals surface area contributed by atoms with Gasteiger partial charge in [-0.05, 0) is 76.7 Å². The van der Waals surface area contributed by atoms with E-state index in [0.29, 0.717) is 5.92 Å². The highest BCUT2D eigenvalue weighted by atomic mass is 32.1. The van der Waals surface area contributed by atoms with E-state index >= 15 is 0 Å². The molecule has 2 aromatic heterocycles. The zero-order chi connectivity index (χ0) is 34.6. The molecular weight excluding hydrogens is 649 g/mol. The summed E-state index contributed by atoms with van der Waals surface area (Å²) in [5.41, 5.74) is 11.0. The van der Waals surface area contributed by atoms with Crippen LogP contribution in [0.5, 0.6) is 0 Å². The van der Waals surface area contributed by atoms with Gasteiger partial charge in [0.2, 0.25) is 0 Å². The predicted molar refractivity (Wildman–Crippen MR) is 224 cm³/mol. The summed E-state index contributed by atoms with van der Waals surface area (Å²) in [5.74, 6) is 0.315. The molecule has 0 aliphatic heterocycles. The minimum Gasteiger partial charge on any atom is -0.334 e. The standard InChI is InChI=1S/C49H36N2S/c1-33-31-36(28-30-44(33)50(38-13-4-2-5-14-38)39-15-6-3-7-16-39)34-23-25-35(26-24-34)37-27-29-41-40-17-8-10-20-45(40)51(47(41)32-37)46-21-12-19-43-42-18-9-11-22-48(42)52-49(43)46/h2-33,44H,1H3. The van der Waals surface area contributed by atoms with E-state index in [4.69, 9.17) is 0 Å². The number of allylic oxidation sites excluding steroid dienone is 2. The monoisotopic (exact) mass is 684 g/mol. The average Bonchev–Trinajstić information content (AvgIpc) is 3.75. The van der Waals surface area contributed by atoms with Crippen LogP contribution in [0.3, 0.4) is 0 Å². The van der Waals surface area contributed by atoms with Crippen molar-refractivity contribution in [3.63, 3.8) is 0 Å². The molecule has 1 aliphatic rings. The van der Waals surface area contributed by atoms with Crippen LogP contribution in [0, 0.1) is 5.92 Å². The maximum absolute atomic E-state index is 2.48. The lowest BCUT2D eigenvalue weighted by Crippen LogP contribution is -2.35. The summed E-state index contributed by atoms with van der Waals surface area (Å²) in [5, 5.41) is 5.19. The van der Waals surface area contributed by atoms with Gasteiger partial charge in [-0.3, -0.25) is 0 Å². The molecule has 3 heteroatoms. The highest BCUT2D eigenvalue weighted by Gasteiger charge is 2.26. The molecule has 7 aromatic carbocycles. The fourth-order valence-corrected chi connectivity index (χ4v) is 9.38. The van der Waals surface area contributed by atoms with Crippen molar-refractivity contribution in [2.75, 3.05) is 4.90 Å². The number of anilines is 2. The molecule has 2 nitrogen and oxygen atoms in total. The third-order valence-corrected chi connectivity index (χ3v) is 11.9. The highest BCUT2D eigenvalue weighted by molar-refractivity contribution is 7.26. The molecule has 0 saturated heterocycles. The van der Waals surface area contributed by atoms with Crippen molar-refractivity contribution in [1.82, 2.24) is 4.57 Å². The molecule has 2 heterocycles. The van der Waals surface area contributed by atoms with Crippen LogP contribution >= 0.6 is 11.3 Å². The maximum atomic E-state index is 2.48. The van der Waals surface area contributed by atoms with Gasteiger partial charge >= 0.3 is 0 Å². The van der Waals surface area contributed by atoms with Crippen LogP contribution in [0.15, 0.2) is 188 Å². The summed E-state index contributed by atoms with van der Waals surface area (Å²) in [6, 6.07) is 62.1. The normalized spacial score (nSPS) is 15.8.